The SMILES string of the molecule is CN=C(NCCS(=O)(=O)c1ccccc1)N1CCC2(CCCCC2)C1.I. The van der Waals surface area contributed by atoms with Crippen molar-refractivity contribution in [3.63, 3.8) is 0 Å². The number of sulfone groups is 1. The molecule has 146 valence electrons. The maximum absolute atomic E-state index is 12.4. The molecule has 1 aliphatic heterocycles. The molecule has 1 heterocycles. The first-order valence-electron chi connectivity index (χ1n) is 9.28. The Kier molecular flexibility index (Phi) is 7.76. The number of hydrogen-bond donors (Lipinski definition) is 1. The fraction of sp³-hybridized carbons (Fsp3) is 0.632. The second-order valence-electron chi connectivity index (χ2n) is 7.34. The number of guanidine groups is 1. The van der Waals surface area contributed by atoms with Crippen LogP contribution in [0.1, 0.15) is 38.5 Å². The second kappa shape index (κ2) is 9.39. The molecule has 1 aromatic carbocycles. The van der Waals surface area contributed by atoms with Crippen LogP contribution in [0.5, 0.6) is 0 Å². The van der Waals surface area contributed by atoms with E-state index in [1.165, 1.54) is 38.5 Å². The molecule has 3 rings (SSSR count). The molecule has 26 heavy (non-hydrogen) atoms. The molecule has 0 radical (unpaired) electrons. The van der Waals surface area contributed by atoms with Gasteiger partial charge in [-0.05, 0) is 36.8 Å². The number of nitrogens with one attached hydrogen (secondary N) is 1. The third-order valence-electron chi connectivity index (χ3n) is 5.62. The van der Waals surface area contributed by atoms with Crippen molar-refractivity contribution in [3.8, 4) is 0 Å². The van der Waals surface area contributed by atoms with Crippen LogP contribution in [0, 0.1) is 5.41 Å². The lowest BCUT2D eigenvalue weighted by Crippen LogP contribution is -2.43. The van der Waals surface area contributed by atoms with Gasteiger partial charge in [0.2, 0.25) is 0 Å². The Bertz CT molecular complexity index is 701. The van der Waals surface area contributed by atoms with Crippen molar-refractivity contribution in [2.45, 2.75) is 43.4 Å². The fourth-order valence-electron chi connectivity index (χ4n) is 4.20. The maximum atomic E-state index is 12.4. The summed E-state index contributed by atoms with van der Waals surface area (Å²) in [6.07, 6.45) is 7.93. The third kappa shape index (κ3) is 5.12. The molecule has 0 amide bonds. The molecule has 0 unspecified atom stereocenters. The van der Waals surface area contributed by atoms with Gasteiger partial charge in [0.05, 0.1) is 10.6 Å². The Hall–Kier alpha value is -0.830. The number of rotatable bonds is 4. The lowest BCUT2D eigenvalue weighted by atomic mass is 9.73. The average molecular weight is 491 g/mol. The van der Waals surface area contributed by atoms with Crippen LogP contribution in [0.4, 0.5) is 0 Å². The highest BCUT2D eigenvalue weighted by molar-refractivity contribution is 14.0. The van der Waals surface area contributed by atoms with Crippen molar-refractivity contribution < 1.29 is 8.42 Å². The Balaban J connectivity index is 0.00000243. The molecule has 1 aliphatic carbocycles. The van der Waals surface area contributed by atoms with Gasteiger partial charge in [-0.1, -0.05) is 37.5 Å². The normalized spacial score (nSPS) is 20.0. The predicted molar refractivity (Wildman–Crippen MR) is 117 cm³/mol. The zero-order valence-corrected chi connectivity index (χ0v) is 18.6. The fourth-order valence-corrected chi connectivity index (χ4v) is 5.38. The molecule has 5 nitrogen and oxygen atoms in total. The van der Waals surface area contributed by atoms with Crippen LogP contribution in [0.2, 0.25) is 0 Å². The molecule has 0 bridgehead atoms. The minimum absolute atomic E-state index is 0. The van der Waals surface area contributed by atoms with E-state index in [9.17, 15) is 8.42 Å². The molecular weight excluding hydrogens is 461 g/mol. The van der Waals surface area contributed by atoms with Crippen molar-refractivity contribution in [3.05, 3.63) is 30.3 Å². The number of nitrogens with zero attached hydrogens (tertiary/aromatic N) is 2. The van der Waals surface area contributed by atoms with Crippen molar-refractivity contribution >= 4 is 39.8 Å². The summed E-state index contributed by atoms with van der Waals surface area (Å²) < 4.78 is 24.7. The minimum Gasteiger partial charge on any atom is -0.355 e. The highest BCUT2D eigenvalue weighted by Crippen LogP contribution is 2.43. The van der Waals surface area contributed by atoms with E-state index in [1.807, 2.05) is 6.07 Å². The molecule has 0 aromatic heterocycles. The van der Waals surface area contributed by atoms with E-state index in [2.05, 4.69) is 15.2 Å². The first-order valence-corrected chi connectivity index (χ1v) is 10.9. The molecule has 1 N–H and O–H groups in total. The zero-order chi connectivity index (χ0) is 17.8. The summed E-state index contributed by atoms with van der Waals surface area (Å²) in [6, 6.07) is 8.64. The Morgan fingerprint density at radius 1 is 1.15 bits per heavy atom. The summed E-state index contributed by atoms with van der Waals surface area (Å²) in [5.74, 6) is 0.917. The van der Waals surface area contributed by atoms with Crippen molar-refractivity contribution in [2.75, 3.05) is 32.4 Å². The molecule has 1 spiro atoms. The van der Waals surface area contributed by atoms with Gasteiger partial charge in [0.15, 0.2) is 15.8 Å². The highest BCUT2D eigenvalue weighted by Gasteiger charge is 2.39. The van der Waals surface area contributed by atoms with E-state index in [-0.39, 0.29) is 29.7 Å². The van der Waals surface area contributed by atoms with E-state index in [0.29, 0.717) is 16.9 Å². The largest absolute Gasteiger partial charge is 0.355 e. The van der Waals surface area contributed by atoms with Crippen LogP contribution < -0.4 is 5.32 Å². The molecule has 1 aromatic rings. The minimum atomic E-state index is -3.25. The molecule has 1 saturated carbocycles. The van der Waals surface area contributed by atoms with Crippen molar-refractivity contribution in [1.29, 1.82) is 0 Å². The third-order valence-corrected chi connectivity index (χ3v) is 7.35. The zero-order valence-electron chi connectivity index (χ0n) is 15.5. The van der Waals surface area contributed by atoms with E-state index < -0.39 is 9.84 Å². The summed E-state index contributed by atoms with van der Waals surface area (Å²) in [5, 5.41) is 3.26. The lowest BCUT2D eigenvalue weighted by Gasteiger charge is -2.33. The summed E-state index contributed by atoms with van der Waals surface area (Å²) in [7, 11) is -1.47. The van der Waals surface area contributed by atoms with Gasteiger partial charge in [-0.3, -0.25) is 4.99 Å². The summed E-state index contributed by atoms with van der Waals surface area (Å²) in [5.41, 5.74) is 0.464. The smallest absolute Gasteiger partial charge is 0.193 e. The van der Waals surface area contributed by atoms with Crippen LogP contribution in [-0.2, 0) is 9.84 Å². The van der Waals surface area contributed by atoms with Crippen LogP contribution in [0.15, 0.2) is 40.2 Å². The van der Waals surface area contributed by atoms with Gasteiger partial charge in [-0.25, -0.2) is 8.42 Å². The average Bonchev–Trinajstić information content (AvgIpc) is 3.03. The van der Waals surface area contributed by atoms with Crippen molar-refractivity contribution in [1.82, 2.24) is 10.2 Å². The van der Waals surface area contributed by atoms with Gasteiger partial charge in [0, 0.05) is 26.7 Å². The quantitative estimate of drug-likeness (QED) is 0.399. The summed E-state index contributed by atoms with van der Waals surface area (Å²) in [6.45, 7) is 2.45. The molecule has 2 aliphatic rings. The van der Waals surface area contributed by atoms with E-state index in [1.54, 1.807) is 31.3 Å². The van der Waals surface area contributed by atoms with E-state index in [4.69, 9.17) is 0 Å². The van der Waals surface area contributed by atoms with Crippen LogP contribution >= 0.6 is 24.0 Å². The summed E-state index contributed by atoms with van der Waals surface area (Å²) in [4.78, 5) is 7.07. The first-order chi connectivity index (χ1) is 12.0. The lowest BCUT2D eigenvalue weighted by molar-refractivity contribution is 0.203. The molecule has 2 fully saturated rings. The van der Waals surface area contributed by atoms with Gasteiger partial charge >= 0.3 is 0 Å². The van der Waals surface area contributed by atoms with E-state index >= 15 is 0 Å². The van der Waals surface area contributed by atoms with Crippen LogP contribution in [0.3, 0.4) is 0 Å². The van der Waals surface area contributed by atoms with Gasteiger partial charge in [-0.15, -0.1) is 24.0 Å². The Morgan fingerprint density at radius 2 is 1.85 bits per heavy atom. The van der Waals surface area contributed by atoms with Gasteiger partial charge in [0.25, 0.3) is 0 Å². The van der Waals surface area contributed by atoms with E-state index in [0.717, 1.165) is 19.0 Å². The topological polar surface area (TPSA) is 61.8 Å². The Morgan fingerprint density at radius 3 is 2.50 bits per heavy atom. The Labute approximate surface area is 174 Å². The standard InChI is InChI=1S/C19H29N3O2S.HI/c1-20-18(22-14-12-19(16-22)10-6-3-7-11-19)21-13-15-25(23,24)17-8-4-2-5-9-17;/h2,4-5,8-9H,3,6-7,10-16H2,1H3,(H,20,21);1H. The number of benzene rings is 1. The number of aliphatic imine (C=N–C) groups is 1. The molecule has 1 saturated heterocycles. The molecular formula is C19H30IN3O2S. The predicted octanol–water partition coefficient (Wildman–Crippen LogP) is 3.31. The highest BCUT2D eigenvalue weighted by atomic mass is 127. The van der Waals surface area contributed by atoms with Crippen LogP contribution in [-0.4, -0.2) is 51.7 Å². The molecule has 0 atom stereocenters. The summed E-state index contributed by atoms with van der Waals surface area (Å²) >= 11 is 0. The second-order valence-corrected chi connectivity index (χ2v) is 9.45. The van der Waals surface area contributed by atoms with Gasteiger partial charge in [-0.2, -0.15) is 0 Å². The van der Waals surface area contributed by atoms with Crippen LogP contribution in [0.25, 0.3) is 0 Å². The first kappa shape index (κ1) is 21.5. The number of hydrogen-bond acceptors (Lipinski definition) is 3. The maximum Gasteiger partial charge on any atom is 0.193 e. The number of halogens is 1. The number of likely N-dealkylation sites (tertiary alicyclic amines) is 1. The van der Waals surface area contributed by atoms with Gasteiger partial charge in [0.1, 0.15) is 0 Å². The monoisotopic (exact) mass is 491 g/mol. The van der Waals surface area contributed by atoms with Gasteiger partial charge < -0.3 is 10.2 Å². The van der Waals surface area contributed by atoms with Crippen molar-refractivity contribution in [2.24, 2.45) is 10.4 Å². The molecule has 7 heteroatoms.